The molecule has 0 aliphatic carbocycles. The molecule has 19 heavy (non-hydrogen) atoms. The molecule has 0 amide bonds. The number of nitrogens with one attached hydrogen (secondary N) is 1. The first-order valence-electron chi connectivity index (χ1n) is 6.12. The van der Waals surface area contributed by atoms with Gasteiger partial charge in [0.05, 0.1) is 11.1 Å². The summed E-state index contributed by atoms with van der Waals surface area (Å²) in [6.07, 6.45) is 0.854. The first-order valence-corrected chi connectivity index (χ1v) is 6.92. The Morgan fingerprint density at radius 1 is 1.11 bits per heavy atom. The van der Waals surface area contributed by atoms with Gasteiger partial charge in [0.2, 0.25) is 0 Å². The molecule has 0 radical (unpaired) electrons. The minimum atomic E-state index is -0.259. The smallest absolute Gasteiger partial charge is 0.139 e. The summed E-state index contributed by atoms with van der Waals surface area (Å²) in [4.78, 5) is 0. The molecule has 4 heteroatoms. The number of rotatable bonds is 6. The van der Waals surface area contributed by atoms with E-state index in [2.05, 4.69) is 21.2 Å². The van der Waals surface area contributed by atoms with E-state index in [4.69, 9.17) is 4.74 Å². The lowest BCUT2D eigenvalue weighted by Crippen LogP contribution is -2.07. The van der Waals surface area contributed by atoms with E-state index in [0.717, 1.165) is 24.4 Å². The average Bonchev–Trinajstić information content (AvgIpc) is 2.43. The molecule has 100 valence electrons. The van der Waals surface area contributed by atoms with E-state index in [1.807, 2.05) is 36.4 Å². The van der Waals surface area contributed by atoms with Crippen molar-refractivity contribution in [1.82, 2.24) is 0 Å². The summed E-state index contributed by atoms with van der Waals surface area (Å²) in [5.41, 5.74) is 0.778. The predicted molar refractivity (Wildman–Crippen MR) is 79.1 cm³/mol. The molecule has 0 bridgehead atoms. The van der Waals surface area contributed by atoms with E-state index in [1.165, 1.54) is 6.07 Å². The van der Waals surface area contributed by atoms with Gasteiger partial charge in [0.25, 0.3) is 0 Å². The minimum absolute atomic E-state index is 0.259. The SMILES string of the molecule is Fc1cc(NCCCOc2ccccc2)ccc1Br. The predicted octanol–water partition coefficient (Wildman–Crippen LogP) is 4.47. The zero-order valence-electron chi connectivity index (χ0n) is 10.4. The van der Waals surface area contributed by atoms with Crippen molar-refractivity contribution in [2.75, 3.05) is 18.5 Å². The fraction of sp³-hybridized carbons (Fsp3) is 0.200. The lowest BCUT2D eigenvalue weighted by molar-refractivity contribution is 0.315. The van der Waals surface area contributed by atoms with Gasteiger partial charge in [-0.25, -0.2) is 4.39 Å². The number of benzene rings is 2. The molecule has 2 aromatic rings. The van der Waals surface area contributed by atoms with E-state index in [0.29, 0.717) is 11.1 Å². The monoisotopic (exact) mass is 323 g/mol. The molecule has 0 fully saturated rings. The first kappa shape index (κ1) is 13.9. The highest BCUT2D eigenvalue weighted by molar-refractivity contribution is 9.10. The topological polar surface area (TPSA) is 21.3 Å². The molecule has 0 saturated carbocycles. The highest BCUT2D eigenvalue weighted by Crippen LogP contribution is 2.19. The number of hydrogen-bond acceptors (Lipinski definition) is 2. The summed E-state index contributed by atoms with van der Waals surface area (Å²) in [5.74, 6) is 0.614. The van der Waals surface area contributed by atoms with E-state index in [1.54, 1.807) is 6.07 Å². The normalized spacial score (nSPS) is 10.2. The summed E-state index contributed by atoms with van der Waals surface area (Å²) in [5, 5.41) is 3.16. The van der Waals surface area contributed by atoms with Gasteiger partial charge in [-0.15, -0.1) is 0 Å². The van der Waals surface area contributed by atoms with Crippen molar-refractivity contribution >= 4 is 21.6 Å². The van der Waals surface area contributed by atoms with Gasteiger partial charge < -0.3 is 10.1 Å². The third kappa shape index (κ3) is 4.56. The Kier molecular flexibility index (Phi) is 5.21. The summed E-state index contributed by atoms with van der Waals surface area (Å²) in [6.45, 7) is 1.38. The third-order valence-corrected chi connectivity index (χ3v) is 3.22. The average molecular weight is 324 g/mol. The number of hydrogen-bond donors (Lipinski definition) is 1. The van der Waals surface area contributed by atoms with Crippen LogP contribution in [0.25, 0.3) is 0 Å². The van der Waals surface area contributed by atoms with Crippen LogP contribution in [0.5, 0.6) is 5.75 Å². The van der Waals surface area contributed by atoms with Gasteiger partial charge in [-0.2, -0.15) is 0 Å². The molecule has 0 spiro atoms. The molecule has 0 saturated heterocycles. The summed E-state index contributed by atoms with van der Waals surface area (Å²) in [7, 11) is 0. The second-order valence-electron chi connectivity index (χ2n) is 4.07. The van der Waals surface area contributed by atoms with Crippen LogP contribution < -0.4 is 10.1 Å². The van der Waals surface area contributed by atoms with Gasteiger partial charge in [0, 0.05) is 12.2 Å². The van der Waals surface area contributed by atoms with Crippen LogP contribution in [0.4, 0.5) is 10.1 Å². The van der Waals surface area contributed by atoms with Crippen molar-refractivity contribution in [3.63, 3.8) is 0 Å². The highest BCUT2D eigenvalue weighted by Gasteiger charge is 1.99. The Labute approximate surface area is 120 Å². The second kappa shape index (κ2) is 7.14. The maximum Gasteiger partial charge on any atom is 0.139 e. The Hall–Kier alpha value is -1.55. The van der Waals surface area contributed by atoms with Crippen molar-refractivity contribution in [2.45, 2.75) is 6.42 Å². The van der Waals surface area contributed by atoms with Crippen LogP contribution in [0, 0.1) is 5.82 Å². The maximum atomic E-state index is 13.3. The van der Waals surface area contributed by atoms with E-state index in [-0.39, 0.29) is 5.82 Å². The number of ether oxygens (including phenoxy) is 1. The Balaban J connectivity index is 1.68. The van der Waals surface area contributed by atoms with Crippen molar-refractivity contribution in [3.05, 3.63) is 58.8 Å². The Morgan fingerprint density at radius 2 is 1.89 bits per heavy atom. The van der Waals surface area contributed by atoms with Crippen LogP contribution >= 0.6 is 15.9 Å². The number of halogens is 2. The molecule has 0 unspecified atom stereocenters. The largest absolute Gasteiger partial charge is 0.494 e. The van der Waals surface area contributed by atoms with Gasteiger partial charge in [0.1, 0.15) is 11.6 Å². The van der Waals surface area contributed by atoms with Crippen LogP contribution in [-0.4, -0.2) is 13.2 Å². The van der Waals surface area contributed by atoms with Gasteiger partial charge in [0.15, 0.2) is 0 Å². The molecule has 2 rings (SSSR count). The molecule has 0 aliphatic heterocycles. The van der Waals surface area contributed by atoms with Crippen LogP contribution in [-0.2, 0) is 0 Å². The van der Waals surface area contributed by atoms with E-state index < -0.39 is 0 Å². The summed E-state index contributed by atoms with van der Waals surface area (Å²) < 4.78 is 19.3. The molecule has 0 aromatic heterocycles. The summed E-state index contributed by atoms with van der Waals surface area (Å²) in [6, 6.07) is 14.7. The summed E-state index contributed by atoms with van der Waals surface area (Å²) >= 11 is 3.13. The van der Waals surface area contributed by atoms with Crippen LogP contribution in [0.2, 0.25) is 0 Å². The standard InChI is InChI=1S/C15H15BrFNO/c16-14-8-7-12(11-15(14)17)18-9-4-10-19-13-5-2-1-3-6-13/h1-3,5-8,11,18H,4,9-10H2. The van der Waals surface area contributed by atoms with Crippen molar-refractivity contribution in [3.8, 4) is 5.75 Å². The molecule has 0 heterocycles. The fourth-order valence-electron chi connectivity index (χ4n) is 1.62. The highest BCUT2D eigenvalue weighted by atomic mass is 79.9. The lowest BCUT2D eigenvalue weighted by atomic mass is 10.3. The third-order valence-electron chi connectivity index (χ3n) is 2.58. The molecule has 2 nitrogen and oxygen atoms in total. The quantitative estimate of drug-likeness (QED) is 0.792. The molecule has 2 aromatic carbocycles. The molecule has 0 aliphatic rings. The van der Waals surface area contributed by atoms with Crippen LogP contribution in [0.15, 0.2) is 53.0 Å². The van der Waals surface area contributed by atoms with Crippen LogP contribution in [0.3, 0.4) is 0 Å². The number of anilines is 1. The maximum absolute atomic E-state index is 13.3. The van der Waals surface area contributed by atoms with Gasteiger partial charge in [-0.1, -0.05) is 18.2 Å². The van der Waals surface area contributed by atoms with Crippen molar-refractivity contribution in [2.24, 2.45) is 0 Å². The second-order valence-corrected chi connectivity index (χ2v) is 4.93. The van der Waals surface area contributed by atoms with Crippen molar-refractivity contribution < 1.29 is 9.13 Å². The van der Waals surface area contributed by atoms with Gasteiger partial charge in [-0.3, -0.25) is 0 Å². The lowest BCUT2D eigenvalue weighted by Gasteiger charge is -2.08. The minimum Gasteiger partial charge on any atom is -0.494 e. The van der Waals surface area contributed by atoms with Gasteiger partial charge >= 0.3 is 0 Å². The van der Waals surface area contributed by atoms with Crippen molar-refractivity contribution in [1.29, 1.82) is 0 Å². The first-order chi connectivity index (χ1) is 9.25. The van der Waals surface area contributed by atoms with E-state index >= 15 is 0 Å². The van der Waals surface area contributed by atoms with Gasteiger partial charge in [-0.05, 0) is 52.7 Å². The zero-order valence-corrected chi connectivity index (χ0v) is 12.0. The van der Waals surface area contributed by atoms with E-state index in [9.17, 15) is 4.39 Å². The van der Waals surface area contributed by atoms with Crippen LogP contribution in [0.1, 0.15) is 6.42 Å². The Bertz CT molecular complexity index is 519. The molecular weight excluding hydrogens is 309 g/mol. The molecular formula is C15H15BrFNO. The molecule has 1 N–H and O–H groups in total. The fourth-order valence-corrected chi connectivity index (χ4v) is 1.86. The zero-order chi connectivity index (χ0) is 13.5. The molecule has 0 atom stereocenters. The Morgan fingerprint density at radius 3 is 2.63 bits per heavy atom. The number of para-hydroxylation sites is 1.